The average molecular weight is 534 g/mol. The number of rotatable bonds is 9. The van der Waals surface area contributed by atoms with Gasteiger partial charge in [-0.15, -0.1) is 5.10 Å². The number of hydrazone groups is 1. The van der Waals surface area contributed by atoms with Crippen LogP contribution in [0.5, 0.6) is 0 Å². The fraction of sp³-hybridized carbons (Fsp3) is 0.630. The first-order chi connectivity index (χ1) is 17.5. The molecule has 0 aliphatic carbocycles. The summed E-state index contributed by atoms with van der Waals surface area (Å²) >= 11 is 0. The predicted octanol–water partition coefficient (Wildman–Crippen LogP) is 5.00. The van der Waals surface area contributed by atoms with E-state index >= 15 is 0 Å². The van der Waals surface area contributed by atoms with Crippen LogP contribution < -0.4 is 10.2 Å². The second-order valence-corrected chi connectivity index (χ2v) is 12.8. The van der Waals surface area contributed by atoms with Gasteiger partial charge in [-0.2, -0.15) is 0 Å². The highest BCUT2D eigenvalue weighted by Crippen LogP contribution is 2.44. The Balaban J connectivity index is 1.46. The second kappa shape index (κ2) is 11.0. The topological polar surface area (TPSA) is 87.1 Å². The number of ether oxygens (including phenoxy) is 1. The van der Waals surface area contributed by atoms with E-state index in [1.165, 1.54) is 6.08 Å². The van der Waals surface area contributed by atoms with Crippen molar-refractivity contribution in [1.82, 2.24) is 9.99 Å². The lowest BCUT2D eigenvalue weighted by Crippen LogP contribution is -2.46. The lowest BCUT2D eigenvalue weighted by Gasteiger charge is -2.40. The molecular weight excluding hydrogens is 493 g/mol. The normalized spacial score (nSPS) is 26.5. The largest absolute Gasteiger partial charge is 0.454 e. The van der Waals surface area contributed by atoms with Crippen LogP contribution in [0.1, 0.15) is 58.4 Å². The summed E-state index contributed by atoms with van der Waals surface area (Å²) in [5.74, 6) is 1.93. The van der Waals surface area contributed by atoms with Crippen molar-refractivity contribution in [1.29, 1.82) is 0 Å². The van der Waals surface area contributed by atoms with Gasteiger partial charge >= 0.3 is 0 Å². The monoisotopic (exact) mass is 533 g/mol. The zero-order valence-electron chi connectivity index (χ0n) is 22.7. The number of hydrogen-bond donors (Lipinski definition) is 1. The fourth-order valence-electron chi connectivity index (χ4n) is 5.79. The maximum atomic E-state index is 14.7. The molecule has 0 radical (unpaired) electrons. The Bertz CT molecular complexity index is 1180. The van der Waals surface area contributed by atoms with E-state index in [1.807, 2.05) is 32.0 Å². The summed E-state index contributed by atoms with van der Waals surface area (Å²) in [6.07, 6.45) is 10.1. The first-order valence-electron chi connectivity index (χ1n) is 13.2. The number of halogens is 1. The number of fused-ring (bicyclic) bond motifs is 2. The van der Waals surface area contributed by atoms with Crippen LogP contribution in [-0.2, 0) is 14.6 Å². The van der Waals surface area contributed by atoms with Crippen molar-refractivity contribution in [3.05, 3.63) is 40.7 Å². The summed E-state index contributed by atoms with van der Waals surface area (Å²) in [4.78, 5) is 7.17. The smallest absolute Gasteiger partial charge is 0.211 e. The highest BCUT2D eigenvalue weighted by molar-refractivity contribution is 7.94. The minimum absolute atomic E-state index is 0.00206. The van der Waals surface area contributed by atoms with Crippen molar-refractivity contribution in [2.75, 3.05) is 30.1 Å². The quantitative estimate of drug-likeness (QED) is 0.447. The number of pyridine rings is 1. The van der Waals surface area contributed by atoms with E-state index in [0.29, 0.717) is 30.3 Å². The standard InChI is InChI=1S/C27H40FN5O3S/c1-7-8-23(37(6,34)35)15-20(28)16-30-24-11-12-29-25(18(24)4)33-21-9-10-22(33)14-19(13-21)26-31-32(5)27(36-26)17(2)3/h8,11-12,15,17,19,21-22,27H,7,9-10,13-14,16H2,1-6H3,(H,29,30). The highest BCUT2D eigenvalue weighted by Gasteiger charge is 2.45. The SMILES string of the molecule is CCC=C(C=C(F)CNc1ccnc(N2C3CCC2CC(C2=NN(C)C(C(C)C)O2)C3)c1C)S(C)(=O)=O. The molecule has 0 saturated carbocycles. The molecular formula is C27H40FN5O3S. The van der Waals surface area contributed by atoms with Gasteiger partial charge in [0.15, 0.2) is 16.1 Å². The summed E-state index contributed by atoms with van der Waals surface area (Å²) in [5, 5.41) is 9.81. The van der Waals surface area contributed by atoms with Crippen molar-refractivity contribution in [3.63, 3.8) is 0 Å². The van der Waals surface area contributed by atoms with E-state index in [4.69, 9.17) is 14.8 Å². The van der Waals surface area contributed by atoms with Crippen LogP contribution in [0.25, 0.3) is 0 Å². The summed E-state index contributed by atoms with van der Waals surface area (Å²) in [5.41, 5.74) is 1.76. The van der Waals surface area contributed by atoms with Gasteiger partial charge in [0.25, 0.3) is 0 Å². The van der Waals surface area contributed by atoms with Gasteiger partial charge < -0.3 is 15.0 Å². The van der Waals surface area contributed by atoms with Crippen LogP contribution in [0.15, 0.2) is 40.2 Å². The Labute approximate surface area is 220 Å². The molecule has 204 valence electrons. The molecule has 3 atom stereocenters. The van der Waals surface area contributed by atoms with Crippen molar-refractivity contribution in [3.8, 4) is 0 Å². The number of nitrogens with zero attached hydrogens (tertiary/aromatic N) is 4. The molecule has 1 aromatic rings. The first kappa shape index (κ1) is 27.4. The molecule has 1 N–H and O–H groups in total. The van der Waals surface area contributed by atoms with Crippen LogP contribution >= 0.6 is 0 Å². The number of sulfone groups is 1. The molecule has 3 aliphatic heterocycles. The van der Waals surface area contributed by atoms with Crippen LogP contribution in [0, 0.1) is 18.8 Å². The lowest BCUT2D eigenvalue weighted by molar-refractivity contribution is 0.0319. The molecule has 10 heteroatoms. The van der Waals surface area contributed by atoms with E-state index in [2.05, 4.69) is 24.1 Å². The van der Waals surface area contributed by atoms with E-state index in [0.717, 1.165) is 61.0 Å². The molecule has 3 aliphatic rings. The Morgan fingerprint density at radius 3 is 2.54 bits per heavy atom. The minimum atomic E-state index is -3.48. The van der Waals surface area contributed by atoms with Crippen LogP contribution in [0.3, 0.4) is 0 Å². The molecule has 37 heavy (non-hydrogen) atoms. The van der Waals surface area contributed by atoms with E-state index in [1.54, 1.807) is 6.20 Å². The molecule has 3 unspecified atom stereocenters. The highest BCUT2D eigenvalue weighted by atomic mass is 32.2. The van der Waals surface area contributed by atoms with Gasteiger partial charge in [0.1, 0.15) is 11.6 Å². The summed E-state index contributed by atoms with van der Waals surface area (Å²) in [6.45, 7) is 8.02. The molecule has 4 rings (SSSR count). The first-order valence-corrected chi connectivity index (χ1v) is 15.1. The molecule has 0 amide bonds. The zero-order chi connectivity index (χ0) is 26.9. The second-order valence-electron chi connectivity index (χ2n) is 10.8. The summed E-state index contributed by atoms with van der Waals surface area (Å²) in [6, 6.07) is 2.55. The number of hydrogen-bond acceptors (Lipinski definition) is 8. The maximum absolute atomic E-state index is 14.7. The fourth-order valence-corrected chi connectivity index (χ4v) is 6.60. The summed E-state index contributed by atoms with van der Waals surface area (Å²) in [7, 11) is -1.50. The number of anilines is 2. The van der Waals surface area contributed by atoms with Gasteiger partial charge in [-0.05, 0) is 51.2 Å². The Morgan fingerprint density at radius 2 is 1.97 bits per heavy atom. The van der Waals surface area contributed by atoms with Crippen molar-refractivity contribution in [2.45, 2.75) is 78.1 Å². The van der Waals surface area contributed by atoms with E-state index in [9.17, 15) is 12.8 Å². The van der Waals surface area contributed by atoms with Crippen LogP contribution in [0.4, 0.5) is 15.9 Å². The Kier molecular flexibility index (Phi) is 8.16. The Morgan fingerprint density at radius 1 is 1.30 bits per heavy atom. The summed E-state index contributed by atoms with van der Waals surface area (Å²) < 4.78 is 44.7. The molecule has 1 aromatic heterocycles. The van der Waals surface area contributed by atoms with E-state index in [-0.39, 0.29) is 17.7 Å². The minimum Gasteiger partial charge on any atom is -0.454 e. The number of allylic oxidation sites excluding steroid dienone is 2. The van der Waals surface area contributed by atoms with Gasteiger partial charge in [0, 0.05) is 54.7 Å². The third-order valence-electron chi connectivity index (χ3n) is 7.52. The lowest BCUT2D eigenvalue weighted by atomic mass is 9.90. The average Bonchev–Trinajstić information content (AvgIpc) is 3.34. The molecule has 2 bridgehead atoms. The van der Waals surface area contributed by atoms with Crippen LogP contribution in [0.2, 0.25) is 0 Å². The number of aromatic nitrogens is 1. The Hall–Kier alpha value is -2.62. The molecule has 0 spiro atoms. The van der Waals surface area contributed by atoms with Gasteiger partial charge in [0.05, 0.1) is 11.4 Å². The third kappa shape index (κ3) is 5.94. The van der Waals surface area contributed by atoms with Gasteiger partial charge in [0.2, 0.25) is 5.90 Å². The number of piperidine rings is 1. The zero-order valence-corrected chi connectivity index (χ0v) is 23.6. The molecule has 2 saturated heterocycles. The molecule has 0 aromatic carbocycles. The van der Waals surface area contributed by atoms with Gasteiger partial charge in [-0.25, -0.2) is 17.8 Å². The third-order valence-corrected chi connectivity index (χ3v) is 8.66. The number of nitrogens with one attached hydrogen (secondary N) is 1. The van der Waals surface area contributed by atoms with Crippen molar-refractivity contribution >= 4 is 27.2 Å². The van der Waals surface area contributed by atoms with Crippen molar-refractivity contribution < 1.29 is 17.5 Å². The van der Waals surface area contributed by atoms with Crippen molar-refractivity contribution in [2.24, 2.45) is 16.9 Å². The molecule has 4 heterocycles. The maximum Gasteiger partial charge on any atom is 0.211 e. The van der Waals surface area contributed by atoms with E-state index < -0.39 is 15.7 Å². The van der Waals surface area contributed by atoms with Crippen LogP contribution in [-0.4, -0.2) is 62.5 Å². The van der Waals surface area contributed by atoms with Gasteiger partial charge in [-0.1, -0.05) is 26.8 Å². The molecule has 2 fully saturated rings. The molecule has 8 nitrogen and oxygen atoms in total. The predicted molar refractivity (Wildman–Crippen MR) is 147 cm³/mol. The van der Waals surface area contributed by atoms with Gasteiger partial charge in [-0.3, -0.25) is 5.01 Å².